The van der Waals surface area contributed by atoms with E-state index in [-0.39, 0.29) is 11.1 Å². The summed E-state index contributed by atoms with van der Waals surface area (Å²) in [5.41, 5.74) is 1.60. The van der Waals surface area contributed by atoms with Crippen molar-refractivity contribution in [3.8, 4) is 23.0 Å². The van der Waals surface area contributed by atoms with Gasteiger partial charge in [-0.3, -0.25) is 0 Å². The second-order valence-electron chi connectivity index (χ2n) is 7.31. The Bertz CT molecular complexity index is 1220. The Labute approximate surface area is 190 Å². The van der Waals surface area contributed by atoms with Crippen molar-refractivity contribution in [1.82, 2.24) is 0 Å². The fourth-order valence-corrected chi connectivity index (χ4v) is 3.54. The minimum Gasteiger partial charge on any atom is -0.457 e. The molecule has 0 aromatic heterocycles. The summed E-state index contributed by atoms with van der Waals surface area (Å²) in [6.45, 7) is 0. The third kappa shape index (κ3) is 4.38. The van der Waals surface area contributed by atoms with Crippen molar-refractivity contribution in [2.24, 2.45) is 0 Å². The molecule has 1 aliphatic rings. The quantitative estimate of drug-likeness (QED) is 0.265. The first kappa shape index (κ1) is 20.3. The molecular formula is C28H18O5. The Hall–Kier alpha value is -4.64. The van der Waals surface area contributed by atoms with Crippen LogP contribution >= 0.6 is 0 Å². The van der Waals surface area contributed by atoms with Gasteiger partial charge in [0.25, 0.3) is 0 Å². The number of cyclic esters (lactones) is 2. The molecule has 1 aliphatic heterocycles. The summed E-state index contributed by atoms with van der Waals surface area (Å²) in [4.78, 5) is 25.0. The number of benzene rings is 4. The van der Waals surface area contributed by atoms with E-state index in [1.165, 1.54) is 0 Å². The Balaban J connectivity index is 1.43. The molecule has 0 spiro atoms. The molecule has 1 heterocycles. The molecule has 160 valence electrons. The molecule has 5 nitrogen and oxygen atoms in total. The lowest BCUT2D eigenvalue weighted by Crippen LogP contribution is -2.02. The van der Waals surface area contributed by atoms with Gasteiger partial charge in [0.2, 0.25) is 0 Å². The zero-order valence-electron chi connectivity index (χ0n) is 17.4. The van der Waals surface area contributed by atoms with E-state index in [4.69, 9.17) is 14.2 Å². The van der Waals surface area contributed by atoms with Crippen LogP contribution in [0.25, 0.3) is 11.1 Å². The summed E-state index contributed by atoms with van der Waals surface area (Å²) in [5, 5.41) is 0. The largest absolute Gasteiger partial charge is 0.457 e. The van der Waals surface area contributed by atoms with Crippen molar-refractivity contribution >= 4 is 23.1 Å². The second kappa shape index (κ2) is 8.85. The van der Waals surface area contributed by atoms with Gasteiger partial charge in [0, 0.05) is 0 Å². The molecule has 0 saturated heterocycles. The van der Waals surface area contributed by atoms with Gasteiger partial charge in [-0.05, 0) is 59.7 Å². The standard InChI is InChI=1S/C28H18O5/c29-27-25(19-11-15-23(16-12-19)31-21-7-3-1-4-8-21)26(28(30)33-27)20-13-17-24(18-14-20)32-22-9-5-2-6-10-22/h1-18H. The minimum atomic E-state index is -0.670. The van der Waals surface area contributed by atoms with Gasteiger partial charge in [-0.25, -0.2) is 9.59 Å². The monoisotopic (exact) mass is 434 g/mol. The van der Waals surface area contributed by atoms with Gasteiger partial charge >= 0.3 is 11.9 Å². The van der Waals surface area contributed by atoms with Crippen molar-refractivity contribution in [1.29, 1.82) is 0 Å². The molecule has 0 radical (unpaired) electrons. The first-order valence-electron chi connectivity index (χ1n) is 10.3. The highest BCUT2D eigenvalue weighted by molar-refractivity contribution is 6.44. The van der Waals surface area contributed by atoms with Crippen molar-refractivity contribution < 1.29 is 23.8 Å². The van der Waals surface area contributed by atoms with Crippen LogP contribution in [0.5, 0.6) is 23.0 Å². The van der Waals surface area contributed by atoms with E-state index in [2.05, 4.69) is 0 Å². The Morgan fingerprint density at radius 3 is 1.12 bits per heavy atom. The number of ether oxygens (including phenoxy) is 3. The predicted molar refractivity (Wildman–Crippen MR) is 124 cm³/mol. The lowest BCUT2D eigenvalue weighted by Gasteiger charge is -2.08. The number of hydrogen-bond donors (Lipinski definition) is 0. The summed E-state index contributed by atoms with van der Waals surface area (Å²) in [6.07, 6.45) is 0. The first-order valence-corrected chi connectivity index (χ1v) is 10.3. The zero-order chi connectivity index (χ0) is 22.6. The molecule has 5 heteroatoms. The molecule has 4 aromatic carbocycles. The Morgan fingerprint density at radius 1 is 0.424 bits per heavy atom. The van der Waals surface area contributed by atoms with Crippen LogP contribution in [0.15, 0.2) is 109 Å². The highest BCUT2D eigenvalue weighted by atomic mass is 16.6. The fraction of sp³-hybridized carbons (Fsp3) is 0. The van der Waals surface area contributed by atoms with Crippen LogP contribution in [-0.2, 0) is 14.3 Å². The minimum absolute atomic E-state index is 0.225. The van der Waals surface area contributed by atoms with E-state index in [0.29, 0.717) is 34.1 Å². The highest BCUT2D eigenvalue weighted by Crippen LogP contribution is 2.36. The van der Waals surface area contributed by atoms with Gasteiger partial charge in [-0.15, -0.1) is 0 Å². The fourth-order valence-electron chi connectivity index (χ4n) is 3.54. The van der Waals surface area contributed by atoms with Gasteiger partial charge in [0.15, 0.2) is 0 Å². The molecule has 4 aromatic rings. The van der Waals surface area contributed by atoms with Crippen LogP contribution < -0.4 is 9.47 Å². The lowest BCUT2D eigenvalue weighted by atomic mass is 9.96. The maximum absolute atomic E-state index is 12.5. The van der Waals surface area contributed by atoms with E-state index in [9.17, 15) is 9.59 Å². The molecule has 0 atom stereocenters. The average molecular weight is 434 g/mol. The highest BCUT2D eigenvalue weighted by Gasteiger charge is 2.34. The van der Waals surface area contributed by atoms with Gasteiger partial charge in [0.05, 0.1) is 11.1 Å². The maximum atomic E-state index is 12.5. The average Bonchev–Trinajstić information content (AvgIpc) is 3.15. The van der Waals surface area contributed by atoms with Gasteiger partial charge in [0.1, 0.15) is 23.0 Å². The van der Waals surface area contributed by atoms with Gasteiger partial charge < -0.3 is 14.2 Å². The molecule has 0 bridgehead atoms. The predicted octanol–water partition coefficient (Wildman–Crippen LogP) is 6.27. The summed E-state index contributed by atoms with van der Waals surface area (Å²) >= 11 is 0. The van der Waals surface area contributed by atoms with Gasteiger partial charge in [-0.1, -0.05) is 60.7 Å². The van der Waals surface area contributed by atoms with Gasteiger partial charge in [-0.2, -0.15) is 0 Å². The smallest absolute Gasteiger partial charge is 0.347 e. The molecule has 0 saturated carbocycles. The van der Waals surface area contributed by atoms with Crippen LogP contribution in [0.2, 0.25) is 0 Å². The zero-order valence-corrected chi connectivity index (χ0v) is 17.4. The van der Waals surface area contributed by atoms with Crippen LogP contribution in [0, 0.1) is 0 Å². The molecule has 5 rings (SSSR count). The number of para-hydroxylation sites is 2. The third-order valence-electron chi connectivity index (χ3n) is 5.09. The summed E-state index contributed by atoms with van der Waals surface area (Å²) in [7, 11) is 0. The molecule has 0 aliphatic carbocycles. The summed E-state index contributed by atoms with van der Waals surface area (Å²) < 4.78 is 16.5. The van der Waals surface area contributed by atoms with E-state index in [1.54, 1.807) is 48.5 Å². The Kier molecular flexibility index (Phi) is 5.43. The number of carbonyl (C=O) groups is 2. The number of hydrogen-bond acceptors (Lipinski definition) is 5. The molecule has 33 heavy (non-hydrogen) atoms. The van der Waals surface area contributed by atoms with Crippen LogP contribution in [0.1, 0.15) is 11.1 Å². The van der Waals surface area contributed by atoms with Crippen molar-refractivity contribution in [3.63, 3.8) is 0 Å². The number of carbonyl (C=O) groups excluding carboxylic acids is 2. The normalized spacial score (nSPS) is 13.1. The van der Waals surface area contributed by atoms with Crippen LogP contribution in [0.3, 0.4) is 0 Å². The second-order valence-corrected chi connectivity index (χ2v) is 7.31. The molecular weight excluding hydrogens is 416 g/mol. The molecule has 0 amide bonds. The van der Waals surface area contributed by atoms with Crippen molar-refractivity contribution in [3.05, 3.63) is 120 Å². The summed E-state index contributed by atoms with van der Waals surface area (Å²) in [5.74, 6) is 1.31. The SMILES string of the molecule is O=C1OC(=O)C(c2ccc(Oc3ccccc3)cc2)=C1c1ccc(Oc2ccccc2)cc1. The lowest BCUT2D eigenvalue weighted by molar-refractivity contribution is -0.149. The maximum Gasteiger partial charge on any atom is 0.347 e. The topological polar surface area (TPSA) is 61.8 Å². The summed E-state index contributed by atoms with van der Waals surface area (Å²) in [6, 6.07) is 32.7. The Morgan fingerprint density at radius 2 is 0.758 bits per heavy atom. The van der Waals surface area contributed by atoms with Crippen molar-refractivity contribution in [2.75, 3.05) is 0 Å². The van der Waals surface area contributed by atoms with Crippen molar-refractivity contribution in [2.45, 2.75) is 0 Å². The number of esters is 2. The van der Waals surface area contributed by atoms with Crippen LogP contribution in [0.4, 0.5) is 0 Å². The van der Waals surface area contributed by atoms with E-state index >= 15 is 0 Å². The molecule has 0 N–H and O–H groups in total. The van der Waals surface area contributed by atoms with Crippen LogP contribution in [-0.4, -0.2) is 11.9 Å². The first-order chi connectivity index (χ1) is 16.2. The molecule has 0 unspecified atom stereocenters. The number of rotatable bonds is 6. The van der Waals surface area contributed by atoms with E-state index in [0.717, 1.165) is 0 Å². The molecule has 0 fully saturated rings. The van der Waals surface area contributed by atoms with E-state index in [1.807, 2.05) is 60.7 Å². The third-order valence-corrected chi connectivity index (χ3v) is 5.09. The van der Waals surface area contributed by atoms with E-state index < -0.39 is 11.9 Å².